The predicted octanol–water partition coefficient (Wildman–Crippen LogP) is 2.56. The van der Waals surface area contributed by atoms with E-state index >= 15 is 0 Å². The molecule has 0 unspecified atom stereocenters. The Hall–Kier alpha value is -0.240. The first kappa shape index (κ1) is 12.8. The van der Waals surface area contributed by atoms with Crippen molar-refractivity contribution in [3.63, 3.8) is 0 Å². The van der Waals surface area contributed by atoms with Gasteiger partial charge in [-0.2, -0.15) is 0 Å². The molecule has 0 saturated carbocycles. The minimum Gasteiger partial charge on any atom is -0.350 e. The number of alkyl halides is 1. The lowest BCUT2D eigenvalue weighted by molar-refractivity contribution is -0.126. The first-order valence-electron chi connectivity index (χ1n) is 4.84. The van der Waals surface area contributed by atoms with Crippen molar-refractivity contribution < 1.29 is 4.79 Å². The van der Waals surface area contributed by atoms with Crippen molar-refractivity contribution in [2.75, 3.05) is 5.88 Å². The Bertz CT molecular complexity index is 164. The molecule has 0 aromatic carbocycles. The van der Waals surface area contributed by atoms with Crippen LogP contribution in [0.2, 0.25) is 0 Å². The van der Waals surface area contributed by atoms with Crippen LogP contribution in [-0.2, 0) is 4.79 Å². The quantitative estimate of drug-likeness (QED) is 0.687. The SMILES string of the molecule is CCC(CC)C(=O)NC(C)(C)CCl. The molecule has 0 bridgehead atoms. The number of hydrogen-bond donors (Lipinski definition) is 1. The maximum absolute atomic E-state index is 11.6. The van der Waals surface area contributed by atoms with Crippen molar-refractivity contribution >= 4 is 17.5 Å². The zero-order valence-corrected chi connectivity index (χ0v) is 9.74. The van der Waals surface area contributed by atoms with Gasteiger partial charge in [-0.15, -0.1) is 11.6 Å². The molecule has 0 rings (SSSR count). The molecule has 0 aliphatic heterocycles. The van der Waals surface area contributed by atoms with E-state index in [2.05, 4.69) is 5.32 Å². The fourth-order valence-corrected chi connectivity index (χ4v) is 1.20. The zero-order valence-electron chi connectivity index (χ0n) is 8.98. The Balaban J connectivity index is 4.13. The van der Waals surface area contributed by atoms with Crippen LogP contribution in [0.1, 0.15) is 40.5 Å². The van der Waals surface area contributed by atoms with Gasteiger partial charge in [0, 0.05) is 17.3 Å². The van der Waals surface area contributed by atoms with E-state index in [0.717, 1.165) is 12.8 Å². The number of nitrogens with one attached hydrogen (secondary N) is 1. The van der Waals surface area contributed by atoms with Crippen molar-refractivity contribution in [2.45, 2.75) is 46.1 Å². The summed E-state index contributed by atoms with van der Waals surface area (Å²) in [4.78, 5) is 11.6. The van der Waals surface area contributed by atoms with E-state index in [1.165, 1.54) is 0 Å². The molecule has 0 heterocycles. The van der Waals surface area contributed by atoms with Crippen LogP contribution in [0.5, 0.6) is 0 Å². The van der Waals surface area contributed by atoms with Gasteiger partial charge in [0.1, 0.15) is 0 Å². The van der Waals surface area contributed by atoms with Gasteiger partial charge < -0.3 is 5.32 Å². The van der Waals surface area contributed by atoms with Gasteiger partial charge in [-0.3, -0.25) is 4.79 Å². The van der Waals surface area contributed by atoms with Crippen molar-refractivity contribution in [3.05, 3.63) is 0 Å². The molecule has 0 spiro atoms. The molecule has 0 aliphatic carbocycles. The normalized spacial score (nSPS) is 11.8. The maximum atomic E-state index is 11.6. The monoisotopic (exact) mass is 205 g/mol. The van der Waals surface area contributed by atoms with Crippen LogP contribution in [0.25, 0.3) is 0 Å². The molecule has 2 nitrogen and oxygen atoms in total. The Morgan fingerprint density at radius 1 is 1.38 bits per heavy atom. The third-order valence-corrected chi connectivity index (χ3v) is 2.82. The second-order valence-electron chi connectivity index (χ2n) is 4.02. The van der Waals surface area contributed by atoms with Crippen LogP contribution in [0, 0.1) is 5.92 Å². The van der Waals surface area contributed by atoms with Gasteiger partial charge in [-0.25, -0.2) is 0 Å². The third kappa shape index (κ3) is 4.51. The summed E-state index contributed by atoms with van der Waals surface area (Å²) in [5, 5.41) is 2.94. The van der Waals surface area contributed by atoms with Crippen molar-refractivity contribution in [1.82, 2.24) is 5.32 Å². The maximum Gasteiger partial charge on any atom is 0.223 e. The van der Waals surface area contributed by atoms with Crippen LogP contribution in [-0.4, -0.2) is 17.3 Å². The molecule has 0 radical (unpaired) electrons. The van der Waals surface area contributed by atoms with E-state index < -0.39 is 0 Å². The Morgan fingerprint density at radius 2 is 1.85 bits per heavy atom. The second kappa shape index (κ2) is 5.48. The fourth-order valence-electron chi connectivity index (χ4n) is 1.13. The van der Waals surface area contributed by atoms with Gasteiger partial charge in [-0.05, 0) is 26.7 Å². The number of hydrogen-bond acceptors (Lipinski definition) is 1. The fraction of sp³-hybridized carbons (Fsp3) is 0.900. The van der Waals surface area contributed by atoms with Crippen LogP contribution in [0.3, 0.4) is 0 Å². The van der Waals surface area contributed by atoms with E-state index in [9.17, 15) is 4.79 Å². The number of carbonyl (C=O) groups excluding carboxylic acids is 1. The molecule has 0 aromatic heterocycles. The van der Waals surface area contributed by atoms with Gasteiger partial charge in [0.2, 0.25) is 5.91 Å². The minimum atomic E-state index is -0.290. The molecule has 1 N–H and O–H groups in total. The van der Waals surface area contributed by atoms with Gasteiger partial charge in [-0.1, -0.05) is 13.8 Å². The molecule has 0 aromatic rings. The van der Waals surface area contributed by atoms with Crippen LogP contribution < -0.4 is 5.32 Å². The number of amides is 1. The Morgan fingerprint density at radius 3 is 2.15 bits per heavy atom. The summed E-state index contributed by atoms with van der Waals surface area (Å²) in [5.74, 6) is 0.692. The lowest BCUT2D eigenvalue weighted by Gasteiger charge is -2.25. The molecule has 1 amide bonds. The molecule has 78 valence electrons. The van der Waals surface area contributed by atoms with E-state index in [1.54, 1.807) is 0 Å². The van der Waals surface area contributed by atoms with Gasteiger partial charge >= 0.3 is 0 Å². The summed E-state index contributed by atoms with van der Waals surface area (Å²) in [7, 11) is 0. The Labute approximate surface area is 86.0 Å². The summed E-state index contributed by atoms with van der Waals surface area (Å²) in [6.45, 7) is 7.92. The molecular formula is C10H20ClNO. The topological polar surface area (TPSA) is 29.1 Å². The van der Waals surface area contributed by atoms with E-state index in [1.807, 2.05) is 27.7 Å². The average molecular weight is 206 g/mol. The average Bonchev–Trinajstić information content (AvgIpc) is 2.06. The summed E-state index contributed by atoms with van der Waals surface area (Å²) in [6, 6.07) is 0. The van der Waals surface area contributed by atoms with E-state index in [4.69, 9.17) is 11.6 Å². The van der Waals surface area contributed by atoms with E-state index in [0.29, 0.717) is 5.88 Å². The number of rotatable bonds is 5. The highest BCUT2D eigenvalue weighted by molar-refractivity contribution is 6.18. The largest absolute Gasteiger partial charge is 0.350 e. The first-order valence-corrected chi connectivity index (χ1v) is 5.38. The van der Waals surface area contributed by atoms with Crippen LogP contribution in [0.4, 0.5) is 0 Å². The van der Waals surface area contributed by atoms with E-state index in [-0.39, 0.29) is 17.4 Å². The molecule has 3 heteroatoms. The zero-order chi connectivity index (χ0) is 10.5. The molecule has 0 fully saturated rings. The summed E-state index contributed by atoms with van der Waals surface area (Å²) in [6.07, 6.45) is 1.78. The lowest BCUT2D eigenvalue weighted by Crippen LogP contribution is -2.47. The molecule has 0 aliphatic rings. The summed E-state index contributed by atoms with van der Waals surface area (Å²) < 4.78 is 0. The highest BCUT2D eigenvalue weighted by Gasteiger charge is 2.22. The van der Waals surface area contributed by atoms with Crippen molar-refractivity contribution in [3.8, 4) is 0 Å². The minimum absolute atomic E-state index is 0.121. The molecule has 13 heavy (non-hydrogen) atoms. The standard InChI is InChI=1S/C10H20ClNO/c1-5-8(6-2)9(13)12-10(3,4)7-11/h8H,5-7H2,1-4H3,(H,12,13). The molecule has 0 saturated heterocycles. The summed E-state index contributed by atoms with van der Waals surface area (Å²) in [5.41, 5.74) is -0.290. The van der Waals surface area contributed by atoms with Crippen LogP contribution >= 0.6 is 11.6 Å². The van der Waals surface area contributed by atoms with Gasteiger partial charge in [0.25, 0.3) is 0 Å². The Kier molecular flexibility index (Phi) is 5.38. The first-order chi connectivity index (χ1) is 5.96. The molecular weight excluding hydrogens is 186 g/mol. The smallest absolute Gasteiger partial charge is 0.223 e. The second-order valence-corrected chi connectivity index (χ2v) is 4.29. The van der Waals surface area contributed by atoms with Gasteiger partial charge in [0.05, 0.1) is 0 Å². The summed E-state index contributed by atoms with van der Waals surface area (Å²) >= 11 is 5.71. The van der Waals surface area contributed by atoms with Crippen LogP contribution in [0.15, 0.2) is 0 Å². The number of halogens is 1. The third-order valence-electron chi connectivity index (χ3n) is 2.15. The number of carbonyl (C=O) groups is 1. The molecule has 0 atom stereocenters. The highest BCUT2D eigenvalue weighted by atomic mass is 35.5. The van der Waals surface area contributed by atoms with Crippen molar-refractivity contribution in [1.29, 1.82) is 0 Å². The lowest BCUT2D eigenvalue weighted by atomic mass is 10.00. The van der Waals surface area contributed by atoms with Crippen molar-refractivity contribution in [2.24, 2.45) is 5.92 Å². The predicted molar refractivity (Wildman–Crippen MR) is 57.0 cm³/mol. The van der Waals surface area contributed by atoms with Gasteiger partial charge in [0.15, 0.2) is 0 Å². The highest BCUT2D eigenvalue weighted by Crippen LogP contribution is 2.11.